The summed E-state index contributed by atoms with van der Waals surface area (Å²) in [7, 11) is 0. The summed E-state index contributed by atoms with van der Waals surface area (Å²) >= 11 is 0. The minimum absolute atomic E-state index is 0.0515. The predicted octanol–water partition coefficient (Wildman–Crippen LogP) is 3.65. The third kappa shape index (κ3) is 2.98. The van der Waals surface area contributed by atoms with Gasteiger partial charge in [-0.1, -0.05) is 38.8 Å². The van der Waals surface area contributed by atoms with E-state index >= 15 is 0 Å². The van der Waals surface area contributed by atoms with Gasteiger partial charge in [-0.25, -0.2) is 4.98 Å². The summed E-state index contributed by atoms with van der Waals surface area (Å²) in [6.45, 7) is 6.35. The van der Waals surface area contributed by atoms with Gasteiger partial charge in [0.05, 0.1) is 16.6 Å². The molecule has 0 aliphatic heterocycles. The third-order valence-electron chi connectivity index (χ3n) is 4.44. The highest BCUT2D eigenvalue weighted by Crippen LogP contribution is 2.25. The molecule has 2 atom stereocenters. The number of rotatable bonds is 3. The van der Waals surface area contributed by atoms with Crippen molar-refractivity contribution < 1.29 is 9.32 Å². The van der Waals surface area contributed by atoms with E-state index in [9.17, 15) is 4.79 Å². The molecule has 1 N–H and O–H groups in total. The van der Waals surface area contributed by atoms with Gasteiger partial charge in [0.2, 0.25) is 0 Å². The lowest BCUT2D eigenvalue weighted by atomic mass is 9.87. The molecule has 22 heavy (non-hydrogen) atoms. The van der Waals surface area contributed by atoms with E-state index in [0.29, 0.717) is 17.2 Å². The molecule has 1 fully saturated rings. The van der Waals surface area contributed by atoms with Gasteiger partial charge in [0.1, 0.15) is 0 Å². The van der Waals surface area contributed by atoms with Crippen LogP contribution in [0.3, 0.4) is 0 Å². The number of pyridine rings is 1. The van der Waals surface area contributed by atoms with Crippen molar-refractivity contribution in [2.24, 2.45) is 5.92 Å². The monoisotopic (exact) mass is 301 g/mol. The van der Waals surface area contributed by atoms with Crippen LogP contribution in [-0.4, -0.2) is 22.1 Å². The summed E-state index contributed by atoms with van der Waals surface area (Å²) in [6.07, 6.45) is 6.15. The van der Waals surface area contributed by atoms with E-state index in [4.69, 9.17) is 4.52 Å². The summed E-state index contributed by atoms with van der Waals surface area (Å²) in [6, 6.07) is 2.12. The topological polar surface area (TPSA) is 68.0 Å². The van der Waals surface area contributed by atoms with Gasteiger partial charge in [-0.2, -0.15) is 0 Å². The molecule has 5 heteroatoms. The molecule has 5 nitrogen and oxygen atoms in total. The Labute approximate surface area is 130 Å². The predicted molar refractivity (Wildman–Crippen MR) is 84.8 cm³/mol. The minimum atomic E-state index is -0.0515. The molecule has 0 unspecified atom stereocenters. The van der Waals surface area contributed by atoms with Crippen molar-refractivity contribution in [2.75, 3.05) is 0 Å². The largest absolute Gasteiger partial charge is 0.349 e. The number of nitrogens with one attached hydrogen (secondary N) is 1. The molecule has 2 aromatic heterocycles. The maximum Gasteiger partial charge on any atom is 0.257 e. The number of amides is 1. The highest BCUT2D eigenvalue weighted by Gasteiger charge is 2.22. The molecule has 118 valence electrons. The highest BCUT2D eigenvalue weighted by atomic mass is 16.5. The van der Waals surface area contributed by atoms with Crippen LogP contribution in [0.5, 0.6) is 0 Å². The number of fused-ring (bicyclic) bond motifs is 1. The lowest BCUT2D eigenvalue weighted by Crippen LogP contribution is -2.38. The number of carbonyl (C=O) groups excluding carboxylic acids is 1. The molecule has 0 bridgehead atoms. The first kappa shape index (κ1) is 15.0. The second-order valence-corrected chi connectivity index (χ2v) is 6.74. The Morgan fingerprint density at radius 3 is 2.95 bits per heavy atom. The molecule has 1 saturated carbocycles. The van der Waals surface area contributed by atoms with Gasteiger partial charge in [-0.15, -0.1) is 0 Å². The van der Waals surface area contributed by atoms with Crippen LogP contribution in [0, 0.1) is 5.92 Å². The van der Waals surface area contributed by atoms with Gasteiger partial charge in [0.25, 0.3) is 11.6 Å². The van der Waals surface area contributed by atoms with Crippen molar-refractivity contribution in [3.8, 4) is 0 Å². The molecular formula is C17H23N3O2. The number of aromatic nitrogens is 2. The molecule has 0 radical (unpaired) electrons. The van der Waals surface area contributed by atoms with Crippen molar-refractivity contribution in [1.29, 1.82) is 0 Å². The molecule has 1 amide bonds. The first-order chi connectivity index (χ1) is 10.5. The highest BCUT2D eigenvalue weighted by molar-refractivity contribution is 5.97. The smallest absolute Gasteiger partial charge is 0.257 e. The van der Waals surface area contributed by atoms with E-state index < -0.39 is 0 Å². The summed E-state index contributed by atoms with van der Waals surface area (Å²) in [5.74, 6) is 0.871. The van der Waals surface area contributed by atoms with E-state index in [1.807, 2.05) is 19.9 Å². The fourth-order valence-corrected chi connectivity index (χ4v) is 3.22. The van der Waals surface area contributed by atoms with Crippen LogP contribution in [0.25, 0.3) is 11.1 Å². The fraction of sp³-hybridized carbons (Fsp3) is 0.588. The van der Waals surface area contributed by atoms with Crippen LogP contribution in [0.1, 0.15) is 68.4 Å². The summed E-state index contributed by atoms with van der Waals surface area (Å²) in [5, 5.41) is 8.03. The standard InChI is InChI=1S/C17H23N3O2/c1-10(2)15-14-8-12(9-18-17(14)22-20-15)16(21)19-13-6-4-5-11(3)7-13/h8-11,13H,4-7H2,1-3H3,(H,19,21)/t11-,13+/m1/s1. The van der Waals surface area contributed by atoms with Crippen molar-refractivity contribution >= 4 is 17.0 Å². The summed E-state index contributed by atoms with van der Waals surface area (Å²) in [4.78, 5) is 16.7. The maximum absolute atomic E-state index is 12.5. The Morgan fingerprint density at radius 1 is 1.41 bits per heavy atom. The molecular weight excluding hydrogens is 278 g/mol. The SMILES string of the molecule is CC(C)c1noc2ncc(C(=O)N[C@H]3CCC[C@@H](C)C3)cc12. The van der Waals surface area contributed by atoms with Crippen LogP contribution in [0.2, 0.25) is 0 Å². The zero-order valence-electron chi connectivity index (χ0n) is 13.4. The first-order valence-electron chi connectivity index (χ1n) is 8.10. The molecule has 0 saturated heterocycles. The lowest BCUT2D eigenvalue weighted by Gasteiger charge is -2.27. The summed E-state index contributed by atoms with van der Waals surface area (Å²) in [5.41, 5.74) is 1.92. The minimum Gasteiger partial charge on any atom is -0.349 e. The first-order valence-corrected chi connectivity index (χ1v) is 8.10. The quantitative estimate of drug-likeness (QED) is 0.939. The molecule has 2 heterocycles. The number of carbonyl (C=O) groups is 1. The number of nitrogens with zero attached hydrogens (tertiary/aromatic N) is 2. The van der Waals surface area contributed by atoms with Crippen LogP contribution in [0.4, 0.5) is 0 Å². The molecule has 1 aliphatic carbocycles. The van der Waals surface area contributed by atoms with E-state index in [2.05, 4.69) is 22.4 Å². The Morgan fingerprint density at radius 2 is 2.23 bits per heavy atom. The van der Waals surface area contributed by atoms with Gasteiger partial charge in [-0.3, -0.25) is 4.79 Å². The summed E-state index contributed by atoms with van der Waals surface area (Å²) < 4.78 is 5.22. The van der Waals surface area contributed by atoms with Crippen LogP contribution in [-0.2, 0) is 0 Å². The lowest BCUT2D eigenvalue weighted by molar-refractivity contribution is 0.0921. The van der Waals surface area contributed by atoms with Crippen molar-refractivity contribution in [3.05, 3.63) is 23.5 Å². The van der Waals surface area contributed by atoms with Crippen molar-refractivity contribution in [3.63, 3.8) is 0 Å². The fourth-order valence-electron chi connectivity index (χ4n) is 3.22. The van der Waals surface area contributed by atoms with Crippen molar-refractivity contribution in [1.82, 2.24) is 15.5 Å². The van der Waals surface area contributed by atoms with E-state index in [1.54, 1.807) is 6.20 Å². The van der Waals surface area contributed by atoms with E-state index in [-0.39, 0.29) is 17.9 Å². The number of hydrogen-bond donors (Lipinski definition) is 1. The zero-order valence-corrected chi connectivity index (χ0v) is 13.4. The van der Waals surface area contributed by atoms with Crippen LogP contribution >= 0.6 is 0 Å². The van der Waals surface area contributed by atoms with Gasteiger partial charge in [0, 0.05) is 12.2 Å². The van der Waals surface area contributed by atoms with Crippen LogP contribution < -0.4 is 5.32 Å². The molecule has 0 aromatic carbocycles. The molecule has 3 rings (SSSR count). The Balaban J connectivity index is 1.80. The second kappa shape index (κ2) is 6.07. The average Bonchev–Trinajstić information content (AvgIpc) is 2.90. The third-order valence-corrected chi connectivity index (χ3v) is 4.44. The average molecular weight is 301 g/mol. The normalized spacial score (nSPS) is 22.2. The Kier molecular flexibility index (Phi) is 4.14. The van der Waals surface area contributed by atoms with E-state index in [1.165, 1.54) is 12.8 Å². The van der Waals surface area contributed by atoms with Gasteiger partial charge in [-0.05, 0) is 30.7 Å². The van der Waals surface area contributed by atoms with Gasteiger partial charge < -0.3 is 9.84 Å². The Bertz CT molecular complexity index is 678. The molecule has 1 aliphatic rings. The molecule has 2 aromatic rings. The van der Waals surface area contributed by atoms with Gasteiger partial charge in [0.15, 0.2) is 0 Å². The maximum atomic E-state index is 12.5. The van der Waals surface area contributed by atoms with Gasteiger partial charge >= 0.3 is 0 Å². The molecule has 0 spiro atoms. The second-order valence-electron chi connectivity index (χ2n) is 6.74. The van der Waals surface area contributed by atoms with Crippen LogP contribution in [0.15, 0.2) is 16.8 Å². The van der Waals surface area contributed by atoms with Crippen molar-refractivity contribution in [2.45, 2.75) is 58.4 Å². The number of hydrogen-bond acceptors (Lipinski definition) is 4. The van der Waals surface area contributed by atoms with E-state index in [0.717, 1.165) is 23.9 Å². The zero-order chi connectivity index (χ0) is 15.7. The Hall–Kier alpha value is -1.91.